The van der Waals surface area contributed by atoms with Crippen molar-refractivity contribution in [3.8, 4) is 17.6 Å². The molecule has 0 spiro atoms. The molecule has 5 amide bonds. The van der Waals surface area contributed by atoms with Gasteiger partial charge in [-0.1, -0.05) is 37.7 Å². The lowest BCUT2D eigenvalue weighted by atomic mass is 10.0. The Morgan fingerprint density at radius 1 is 1.03 bits per heavy atom. The third-order valence-electron chi connectivity index (χ3n) is 11.5. The number of ether oxygens (including phenoxy) is 2. The molecule has 1 aliphatic carbocycles. The fourth-order valence-electron chi connectivity index (χ4n) is 8.36. The quantitative estimate of drug-likeness (QED) is 0.0936. The number of aromatic nitrogens is 2. The van der Waals surface area contributed by atoms with Gasteiger partial charge in [0.1, 0.15) is 23.5 Å². The normalized spacial score (nSPS) is 18.8. The third kappa shape index (κ3) is 9.22. The minimum absolute atomic E-state index is 0.0615. The summed E-state index contributed by atoms with van der Waals surface area (Å²) >= 11 is 0. The van der Waals surface area contributed by atoms with Gasteiger partial charge in [0.25, 0.3) is 11.8 Å². The first-order valence-electron chi connectivity index (χ1n) is 20.9. The van der Waals surface area contributed by atoms with E-state index in [-0.39, 0.29) is 42.1 Å². The summed E-state index contributed by atoms with van der Waals surface area (Å²) in [5.41, 5.74) is 3.88. The maximum absolute atomic E-state index is 13.2. The predicted molar refractivity (Wildman–Crippen MR) is 225 cm³/mol. The highest BCUT2D eigenvalue weighted by atomic mass is 16.5. The zero-order valence-corrected chi connectivity index (χ0v) is 34.5. The van der Waals surface area contributed by atoms with Gasteiger partial charge in [0, 0.05) is 75.4 Å². The standard InChI is InChI=1S/C44H53N9O7/c1-4-34-43(58)51(2)36-26-47-44(50-39(36)53(34)30-13-5-6-14-30)48-33-17-16-29(25-37(33)59-3)40(55)46-21-10-23-60-24-22-45-20-8-7-11-28-12-9-15-31-32(28)27-52(42(31)57)35-18-19-38(54)49-41(35)56/h9,12,15-17,25-26,30,34-35,45H,4-6,8,10,13-14,18-24,27H2,1-3H3,(H,46,55)(H,47,48,50)(H,49,54,56)/t34-,35?/m1/s1. The van der Waals surface area contributed by atoms with Gasteiger partial charge in [-0.3, -0.25) is 29.3 Å². The molecule has 1 unspecified atom stereocenters. The average Bonchev–Trinajstić information content (AvgIpc) is 3.91. The second-order valence-electron chi connectivity index (χ2n) is 15.4. The topological polar surface area (TPSA) is 187 Å². The van der Waals surface area contributed by atoms with E-state index in [1.165, 1.54) is 4.90 Å². The first-order valence-corrected chi connectivity index (χ1v) is 20.9. The summed E-state index contributed by atoms with van der Waals surface area (Å²) in [6.07, 6.45) is 8.50. The van der Waals surface area contributed by atoms with Gasteiger partial charge in [-0.15, -0.1) is 0 Å². The van der Waals surface area contributed by atoms with Crippen LogP contribution >= 0.6 is 0 Å². The molecule has 1 saturated carbocycles. The molecular weight excluding hydrogens is 767 g/mol. The van der Waals surface area contributed by atoms with Crippen LogP contribution in [0, 0.1) is 11.8 Å². The molecule has 4 aliphatic rings. The van der Waals surface area contributed by atoms with E-state index >= 15 is 0 Å². The van der Waals surface area contributed by atoms with Crippen molar-refractivity contribution in [2.75, 3.05) is 62.1 Å². The number of rotatable bonds is 16. The summed E-state index contributed by atoms with van der Waals surface area (Å²) in [6, 6.07) is 9.94. The highest BCUT2D eigenvalue weighted by molar-refractivity contribution is 6.06. The van der Waals surface area contributed by atoms with Crippen LogP contribution in [-0.4, -0.2) is 110 Å². The molecule has 2 aromatic carbocycles. The van der Waals surface area contributed by atoms with Crippen LogP contribution in [0.4, 0.5) is 23.1 Å². The van der Waals surface area contributed by atoms with E-state index in [2.05, 4.69) is 43.0 Å². The van der Waals surface area contributed by atoms with Gasteiger partial charge in [0.05, 0.1) is 25.6 Å². The summed E-state index contributed by atoms with van der Waals surface area (Å²) in [5, 5.41) is 11.8. The van der Waals surface area contributed by atoms with Crippen molar-refractivity contribution in [1.82, 2.24) is 30.8 Å². The van der Waals surface area contributed by atoms with Gasteiger partial charge in [0.15, 0.2) is 5.82 Å². The van der Waals surface area contributed by atoms with Crippen LogP contribution in [0.2, 0.25) is 0 Å². The smallest absolute Gasteiger partial charge is 0.255 e. The molecule has 1 aromatic heterocycles. The van der Waals surface area contributed by atoms with Crippen LogP contribution in [0.3, 0.4) is 0 Å². The molecule has 0 radical (unpaired) electrons. The van der Waals surface area contributed by atoms with E-state index in [1.807, 2.05) is 13.0 Å². The Balaban J connectivity index is 0.809. The first-order chi connectivity index (χ1) is 29.2. The largest absolute Gasteiger partial charge is 0.495 e. The Kier molecular flexibility index (Phi) is 13.6. The van der Waals surface area contributed by atoms with Gasteiger partial charge in [-0.05, 0) is 68.0 Å². The number of likely N-dealkylation sites (N-methyl/N-ethyl adjacent to an activating group) is 1. The van der Waals surface area contributed by atoms with Crippen LogP contribution in [-0.2, 0) is 25.7 Å². The maximum atomic E-state index is 13.2. The summed E-state index contributed by atoms with van der Waals surface area (Å²) in [5.74, 6) is 6.83. The zero-order valence-electron chi connectivity index (χ0n) is 34.5. The number of nitrogens with one attached hydrogen (secondary N) is 4. The van der Waals surface area contributed by atoms with E-state index in [1.54, 1.807) is 55.6 Å². The van der Waals surface area contributed by atoms with E-state index in [4.69, 9.17) is 14.5 Å². The zero-order chi connectivity index (χ0) is 42.2. The van der Waals surface area contributed by atoms with E-state index < -0.39 is 11.9 Å². The van der Waals surface area contributed by atoms with Gasteiger partial charge in [-0.2, -0.15) is 4.98 Å². The number of carbonyl (C=O) groups is 5. The molecule has 16 heteroatoms. The van der Waals surface area contributed by atoms with Crippen molar-refractivity contribution in [2.45, 2.75) is 89.4 Å². The molecule has 60 heavy (non-hydrogen) atoms. The lowest BCUT2D eigenvalue weighted by Crippen LogP contribution is -2.55. The predicted octanol–water partition coefficient (Wildman–Crippen LogP) is 3.66. The number of methoxy groups -OCH3 is 1. The minimum atomic E-state index is -0.657. The van der Waals surface area contributed by atoms with Crippen molar-refractivity contribution in [3.63, 3.8) is 0 Å². The molecule has 4 heterocycles. The van der Waals surface area contributed by atoms with E-state index in [0.29, 0.717) is 99.3 Å². The van der Waals surface area contributed by atoms with Gasteiger partial charge < -0.3 is 40.1 Å². The number of benzene rings is 2. The fraction of sp³-hybridized carbons (Fsp3) is 0.477. The molecule has 3 aromatic rings. The maximum Gasteiger partial charge on any atom is 0.255 e. The third-order valence-corrected chi connectivity index (χ3v) is 11.5. The second kappa shape index (κ2) is 19.3. The molecule has 1 saturated heterocycles. The Labute approximate surface area is 350 Å². The van der Waals surface area contributed by atoms with Crippen molar-refractivity contribution in [1.29, 1.82) is 0 Å². The number of hydrogen-bond acceptors (Lipinski definition) is 12. The molecule has 0 bridgehead atoms. The lowest BCUT2D eigenvalue weighted by Gasteiger charge is -2.43. The number of fused-ring (bicyclic) bond motifs is 2. The monoisotopic (exact) mass is 819 g/mol. The molecule has 16 nitrogen and oxygen atoms in total. The van der Waals surface area contributed by atoms with Crippen LogP contribution in [0.25, 0.3) is 0 Å². The SMILES string of the molecule is CC[C@@H]1C(=O)N(C)c2cnc(Nc3ccc(C(=O)NCCCOCCNCCC#Cc4cccc5c4CN(C4CCC(=O)NC4=O)C5=O)cc3OC)nc2N1C1CCCC1. The van der Waals surface area contributed by atoms with E-state index in [9.17, 15) is 24.0 Å². The highest BCUT2D eigenvalue weighted by Crippen LogP contribution is 2.40. The first kappa shape index (κ1) is 42.1. The van der Waals surface area contributed by atoms with Gasteiger partial charge in [0.2, 0.25) is 23.7 Å². The van der Waals surface area contributed by atoms with Gasteiger partial charge in [-0.25, -0.2) is 4.98 Å². The van der Waals surface area contributed by atoms with Crippen molar-refractivity contribution in [2.24, 2.45) is 0 Å². The van der Waals surface area contributed by atoms with Crippen molar-refractivity contribution < 1.29 is 33.4 Å². The summed E-state index contributed by atoms with van der Waals surface area (Å²) in [4.78, 5) is 78.0. The van der Waals surface area contributed by atoms with Crippen LogP contribution in [0.15, 0.2) is 42.6 Å². The molecule has 316 valence electrons. The Morgan fingerprint density at radius 2 is 1.87 bits per heavy atom. The average molecular weight is 820 g/mol. The minimum Gasteiger partial charge on any atom is -0.495 e. The summed E-state index contributed by atoms with van der Waals surface area (Å²) in [6.45, 7) is 5.09. The summed E-state index contributed by atoms with van der Waals surface area (Å²) < 4.78 is 11.4. The second-order valence-corrected chi connectivity index (χ2v) is 15.4. The number of carbonyl (C=O) groups excluding carboxylic acids is 5. The number of piperidine rings is 1. The Hall–Kier alpha value is -6.05. The molecule has 2 fully saturated rings. The molecular formula is C44H53N9O7. The number of anilines is 4. The van der Waals surface area contributed by atoms with Crippen molar-refractivity contribution >= 4 is 52.7 Å². The van der Waals surface area contributed by atoms with Crippen LogP contribution < -0.4 is 35.8 Å². The number of hydrogen-bond donors (Lipinski definition) is 4. The lowest BCUT2D eigenvalue weighted by molar-refractivity contribution is -0.137. The number of nitrogens with zero attached hydrogens (tertiary/aromatic N) is 5. The molecule has 4 N–H and O–H groups in total. The van der Waals surface area contributed by atoms with Crippen LogP contribution in [0.1, 0.15) is 96.6 Å². The summed E-state index contributed by atoms with van der Waals surface area (Å²) in [7, 11) is 3.32. The molecule has 2 atom stereocenters. The highest BCUT2D eigenvalue weighted by Gasteiger charge is 2.42. The fourth-order valence-corrected chi connectivity index (χ4v) is 8.36. The van der Waals surface area contributed by atoms with Gasteiger partial charge >= 0.3 is 0 Å². The van der Waals surface area contributed by atoms with Crippen molar-refractivity contribution in [3.05, 3.63) is 64.8 Å². The molecule has 3 aliphatic heterocycles. The van der Waals surface area contributed by atoms with Crippen LogP contribution in [0.5, 0.6) is 5.75 Å². The Morgan fingerprint density at radius 3 is 2.65 bits per heavy atom. The number of amides is 5. The number of imide groups is 1. The Bertz CT molecular complexity index is 2180. The van der Waals surface area contributed by atoms with E-state index in [0.717, 1.165) is 42.6 Å². The molecule has 7 rings (SSSR count).